The molecule has 1 aromatic rings. The Morgan fingerprint density at radius 2 is 2.06 bits per heavy atom. The number of carboxylic acids is 1. The molecule has 0 amide bonds. The molecule has 0 saturated carbocycles. The number of halogens is 3. The Hall–Kier alpha value is -1.79. The number of hydrogen-bond acceptors (Lipinski definition) is 2. The molecule has 16 heavy (non-hydrogen) atoms. The lowest BCUT2D eigenvalue weighted by Crippen LogP contribution is -2.22. The summed E-state index contributed by atoms with van der Waals surface area (Å²) in [5, 5.41) is 8.35. The summed E-state index contributed by atoms with van der Waals surface area (Å²) in [6.07, 6.45) is -3.94. The van der Waals surface area contributed by atoms with Crippen molar-refractivity contribution < 1.29 is 23.1 Å². The molecule has 7 heteroatoms. The summed E-state index contributed by atoms with van der Waals surface area (Å²) >= 11 is 0. The summed E-state index contributed by atoms with van der Waals surface area (Å²) in [6, 6.07) is 1.19. The highest BCUT2D eigenvalue weighted by Gasteiger charge is 2.30. The van der Waals surface area contributed by atoms with E-state index in [1.165, 1.54) is 0 Å². The molecule has 0 unspecified atom stereocenters. The molecule has 0 bridgehead atoms. The van der Waals surface area contributed by atoms with E-state index in [1.54, 1.807) is 0 Å². The van der Waals surface area contributed by atoms with E-state index in [0.717, 1.165) is 16.8 Å². The van der Waals surface area contributed by atoms with Crippen LogP contribution in [0.1, 0.15) is 12.0 Å². The van der Waals surface area contributed by atoms with Crippen molar-refractivity contribution in [1.82, 2.24) is 4.57 Å². The molecule has 0 saturated heterocycles. The van der Waals surface area contributed by atoms with E-state index in [1.807, 2.05) is 0 Å². The highest BCUT2D eigenvalue weighted by molar-refractivity contribution is 5.66. The Balaban J connectivity index is 2.92. The largest absolute Gasteiger partial charge is 0.481 e. The topological polar surface area (TPSA) is 59.3 Å². The molecule has 1 N–H and O–H groups in total. The highest BCUT2D eigenvalue weighted by atomic mass is 19.4. The van der Waals surface area contributed by atoms with Crippen LogP contribution in [-0.2, 0) is 17.5 Å². The SMILES string of the molecule is O=C(O)CCn1ccc(C(F)(F)F)cc1=O. The normalized spacial score (nSPS) is 11.4. The Kier molecular flexibility index (Phi) is 3.36. The van der Waals surface area contributed by atoms with Crippen LogP contribution in [0.2, 0.25) is 0 Å². The molecule has 0 aromatic carbocycles. The molecular weight excluding hydrogens is 227 g/mol. The Labute approximate surface area is 87.9 Å². The Morgan fingerprint density at radius 1 is 1.44 bits per heavy atom. The summed E-state index contributed by atoms with van der Waals surface area (Å²) in [4.78, 5) is 21.4. The third-order valence-corrected chi connectivity index (χ3v) is 1.89. The first kappa shape index (κ1) is 12.3. The first-order valence-corrected chi connectivity index (χ1v) is 4.30. The van der Waals surface area contributed by atoms with E-state index < -0.39 is 23.3 Å². The average Bonchev–Trinajstić information content (AvgIpc) is 2.14. The van der Waals surface area contributed by atoms with Gasteiger partial charge in [-0.1, -0.05) is 0 Å². The summed E-state index contributed by atoms with van der Waals surface area (Å²) < 4.78 is 37.4. The Bertz CT molecular complexity index is 450. The van der Waals surface area contributed by atoms with E-state index >= 15 is 0 Å². The number of hydrogen-bond donors (Lipinski definition) is 1. The lowest BCUT2D eigenvalue weighted by molar-refractivity contribution is -0.138. The first-order chi connectivity index (χ1) is 7.30. The maximum Gasteiger partial charge on any atom is 0.416 e. The zero-order chi connectivity index (χ0) is 12.3. The van der Waals surface area contributed by atoms with Crippen molar-refractivity contribution >= 4 is 5.97 Å². The second kappa shape index (κ2) is 4.38. The van der Waals surface area contributed by atoms with Crippen molar-refractivity contribution in [2.45, 2.75) is 19.1 Å². The summed E-state index contributed by atoms with van der Waals surface area (Å²) in [5.41, 5.74) is -1.90. The molecular formula is C9H8F3NO3. The van der Waals surface area contributed by atoms with Gasteiger partial charge >= 0.3 is 12.1 Å². The van der Waals surface area contributed by atoms with E-state index in [0.29, 0.717) is 6.07 Å². The molecule has 0 aliphatic rings. The van der Waals surface area contributed by atoms with Crippen LogP contribution in [-0.4, -0.2) is 15.6 Å². The van der Waals surface area contributed by atoms with Gasteiger partial charge in [0.2, 0.25) is 0 Å². The zero-order valence-electron chi connectivity index (χ0n) is 7.99. The molecule has 1 aromatic heterocycles. The smallest absolute Gasteiger partial charge is 0.416 e. The number of rotatable bonds is 3. The standard InChI is InChI=1S/C9H8F3NO3/c10-9(11,12)6-1-3-13(7(14)5-6)4-2-8(15)16/h1,3,5H,2,4H2,(H,15,16). The number of aliphatic carboxylic acids is 1. The number of carboxylic acid groups (broad SMARTS) is 1. The van der Waals surface area contributed by atoms with Gasteiger partial charge in [-0.15, -0.1) is 0 Å². The molecule has 88 valence electrons. The molecule has 0 fully saturated rings. The van der Waals surface area contributed by atoms with Gasteiger partial charge in [0.15, 0.2) is 0 Å². The van der Waals surface area contributed by atoms with E-state index in [-0.39, 0.29) is 13.0 Å². The van der Waals surface area contributed by atoms with Gasteiger partial charge < -0.3 is 9.67 Å². The lowest BCUT2D eigenvalue weighted by atomic mass is 10.2. The second-order valence-electron chi connectivity index (χ2n) is 3.09. The minimum atomic E-state index is -4.56. The van der Waals surface area contributed by atoms with Gasteiger partial charge in [-0.05, 0) is 6.07 Å². The predicted molar refractivity (Wildman–Crippen MR) is 48.0 cm³/mol. The monoisotopic (exact) mass is 235 g/mol. The summed E-state index contributed by atoms with van der Waals surface area (Å²) in [6.45, 7) is -0.147. The highest BCUT2D eigenvalue weighted by Crippen LogP contribution is 2.27. The third-order valence-electron chi connectivity index (χ3n) is 1.89. The molecule has 0 aliphatic heterocycles. The molecule has 0 aliphatic carbocycles. The molecule has 0 radical (unpaired) electrons. The van der Waals surface area contributed by atoms with Gasteiger partial charge in [0, 0.05) is 18.8 Å². The predicted octanol–water partition coefficient (Wildman–Crippen LogP) is 1.34. The van der Waals surface area contributed by atoms with Crippen molar-refractivity contribution in [2.75, 3.05) is 0 Å². The minimum Gasteiger partial charge on any atom is -0.481 e. The van der Waals surface area contributed by atoms with Crippen LogP contribution in [0, 0.1) is 0 Å². The fourth-order valence-corrected chi connectivity index (χ4v) is 1.08. The number of aryl methyl sites for hydroxylation is 1. The van der Waals surface area contributed by atoms with Gasteiger partial charge in [-0.3, -0.25) is 9.59 Å². The zero-order valence-corrected chi connectivity index (χ0v) is 7.99. The van der Waals surface area contributed by atoms with Crippen LogP contribution in [0.4, 0.5) is 13.2 Å². The van der Waals surface area contributed by atoms with Crippen LogP contribution < -0.4 is 5.56 Å². The summed E-state index contributed by atoms with van der Waals surface area (Å²) in [5.74, 6) is -1.12. The van der Waals surface area contributed by atoms with Crippen molar-refractivity contribution in [3.05, 3.63) is 34.2 Å². The van der Waals surface area contributed by atoms with E-state index in [9.17, 15) is 22.8 Å². The molecule has 4 nitrogen and oxygen atoms in total. The maximum atomic E-state index is 12.2. The minimum absolute atomic E-state index is 0.147. The quantitative estimate of drug-likeness (QED) is 0.860. The average molecular weight is 235 g/mol. The number of carbonyl (C=O) groups is 1. The van der Waals surface area contributed by atoms with Crippen molar-refractivity contribution in [3.63, 3.8) is 0 Å². The number of nitrogens with zero attached hydrogens (tertiary/aromatic N) is 1. The maximum absolute atomic E-state index is 12.2. The first-order valence-electron chi connectivity index (χ1n) is 4.30. The molecule has 1 rings (SSSR count). The third kappa shape index (κ3) is 3.11. The van der Waals surface area contributed by atoms with Crippen LogP contribution in [0.3, 0.4) is 0 Å². The van der Waals surface area contributed by atoms with Gasteiger partial charge in [-0.2, -0.15) is 13.2 Å². The van der Waals surface area contributed by atoms with Crippen LogP contribution in [0.15, 0.2) is 23.1 Å². The van der Waals surface area contributed by atoms with E-state index in [4.69, 9.17) is 5.11 Å². The summed E-state index contributed by atoms with van der Waals surface area (Å²) in [7, 11) is 0. The van der Waals surface area contributed by atoms with Gasteiger partial charge in [0.25, 0.3) is 5.56 Å². The van der Waals surface area contributed by atoms with Crippen molar-refractivity contribution in [3.8, 4) is 0 Å². The molecule has 0 atom stereocenters. The van der Waals surface area contributed by atoms with Crippen LogP contribution >= 0.6 is 0 Å². The van der Waals surface area contributed by atoms with Gasteiger partial charge in [0.05, 0.1) is 12.0 Å². The number of pyridine rings is 1. The van der Waals surface area contributed by atoms with Crippen molar-refractivity contribution in [1.29, 1.82) is 0 Å². The molecule has 1 heterocycles. The fourth-order valence-electron chi connectivity index (χ4n) is 1.08. The molecule has 0 spiro atoms. The second-order valence-corrected chi connectivity index (χ2v) is 3.09. The van der Waals surface area contributed by atoms with E-state index in [2.05, 4.69) is 0 Å². The van der Waals surface area contributed by atoms with Gasteiger partial charge in [0.1, 0.15) is 0 Å². The van der Waals surface area contributed by atoms with Gasteiger partial charge in [-0.25, -0.2) is 0 Å². The Morgan fingerprint density at radius 3 is 2.50 bits per heavy atom. The van der Waals surface area contributed by atoms with Crippen LogP contribution in [0.5, 0.6) is 0 Å². The number of aromatic nitrogens is 1. The lowest BCUT2D eigenvalue weighted by Gasteiger charge is -2.08. The van der Waals surface area contributed by atoms with Crippen molar-refractivity contribution in [2.24, 2.45) is 0 Å². The fraction of sp³-hybridized carbons (Fsp3) is 0.333. The number of alkyl halides is 3. The van der Waals surface area contributed by atoms with Crippen LogP contribution in [0.25, 0.3) is 0 Å².